The highest BCUT2D eigenvalue weighted by Crippen LogP contribution is 2.62. The monoisotopic (exact) mass is 279 g/mol. The van der Waals surface area contributed by atoms with Gasteiger partial charge in [-0.1, -0.05) is 26.8 Å². The first-order valence-electron chi connectivity index (χ1n) is 6.61. The summed E-state index contributed by atoms with van der Waals surface area (Å²) >= 11 is 5.08. The Labute approximate surface area is 119 Å². The minimum absolute atomic E-state index is 0.0131. The molecule has 0 unspecified atom stereocenters. The second-order valence-corrected chi connectivity index (χ2v) is 6.49. The van der Waals surface area contributed by atoms with E-state index in [2.05, 4.69) is 43.2 Å². The summed E-state index contributed by atoms with van der Waals surface area (Å²) in [5, 5.41) is 7.61. The second-order valence-electron chi connectivity index (χ2n) is 6.08. The van der Waals surface area contributed by atoms with Crippen LogP contribution in [0, 0.1) is 16.7 Å². The maximum atomic E-state index is 12.5. The number of rotatable bonds is 3. The van der Waals surface area contributed by atoms with Crippen molar-refractivity contribution in [3.63, 3.8) is 0 Å². The van der Waals surface area contributed by atoms with Crippen molar-refractivity contribution in [2.45, 2.75) is 33.6 Å². The lowest BCUT2D eigenvalue weighted by atomic mass is 9.70. The molecule has 2 saturated carbocycles. The standard InChI is InChI=1S/C14H21N3OS/c1-5-8-15-12(19)17-16-10-9-6-7-14(4,11(10)18)13(9,2)3/h5,9H,1,6-8H2,2-4H3,(H2,15,17,19)/b16-10+/t9-,14-/m0/s1. The zero-order valence-electron chi connectivity index (χ0n) is 11.7. The summed E-state index contributed by atoms with van der Waals surface area (Å²) in [6.07, 6.45) is 3.71. The molecule has 2 rings (SSSR count). The first-order chi connectivity index (χ1) is 8.84. The normalized spacial score (nSPS) is 33.5. The number of thiocarbonyl (C=S) groups is 1. The van der Waals surface area contributed by atoms with Crippen molar-refractivity contribution >= 4 is 28.8 Å². The molecule has 5 heteroatoms. The Morgan fingerprint density at radius 1 is 1.58 bits per heavy atom. The molecule has 19 heavy (non-hydrogen) atoms. The molecule has 0 radical (unpaired) electrons. The third-order valence-electron chi connectivity index (χ3n) is 4.98. The summed E-state index contributed by atoms with van der Waals surface area (Å²) in [5.74, 6) is 0.410. The Kier molecular flexibility index (Phi) is 3.51. The minimum Gasteiger partial charge on any atom is -0.358 e. The first-order valence-corrected chi connectivity index (χ1v) is 7.02. The van der Waals surface area contributed by atoms with Crippen LogP contribution in [0.3, 0.4) is 0 Å². The van der Waals surface area contributed by atoms with Crippen LogP contribution in [-0.2, 0) is 4.79 Å². The molecule has 2 N–H and O–H groups in total. The van der Waals surface area contributed by atoms with E-state index < -0.39 is 0 Å². The third-order valence-corrected chi connectivity index (χ3v) is 5.21. The summed E-state index contributed by atoms with van der Waals surface area (Å²) < 4.78 is 0. The van der Waals surface area contributed by atoms with Gasteiger partial charge in [0.05, 0.1) is 0 Å². The van der Waals surface area contributed by atoms with E-state index in [-0.39, 0.29) is 22.5 Å². The Bertz CT molecular complexity index is 469. The molecule has 2 bridgehead atoms. The fourth-order valence-corrected chi connectivity index (χ4v) is 3.40. The van der Waals surface area contributed by atoms with E-state index >= 15 is 0 Å². The number of hydrogen-bond donors (Lipinski definition) is 2. The van der Waals surface area contributed by atoms with E-state index in [4.69, 9.17) is 12.2 Å². The average molecular weight is 279 g/mol. The molecular weight excluding hydrogens is 258 g/mol. The molecule has 0 saturated heterocycles. The Morgan fingerprint density at radius 3 is 2.79 bits per heavy atom. The molecule has 0 aromatic rings. The van der Waals surface area contributed by atoms with Crippen LogP contribution in [0.5, 0.6) is 0 Å². The predicted molar refractivity (Wildman–Crippen MR) is 81.0 cm³/mol. The zero-order chi connectivity index (χ0) is 14.3. The van der Waals surface area contributed by atoms with Crippen molar-refractivity contribution in [3.05, 3.63) is 12.7 Å². The summed E-state index contributed by atoms with van der Waals surface area (Å²) in [6.45, 7) is 10.6. The molecule has 0 heterocycles. The fourth-order valence-electron chi connectivity index (χ4n) is 3.27. The van der Waals surface area contributed by atoms with Crippen LogP contribution >= 0.6 is 12.2 Å². The lowest BCUT2D eigenvalue weighted by Gasteiger charge is -2.31. The first kappa shape index (κ1) is 14.2. The second kappa shape index (κ2) is 4.71. The van der Waals surface area contributed by atoms with E-state index in [0.717, 1.165) is 12.8 Å². The number of carbonyl (C=O) groups is 1. The SMILES string of the molecule is C=CCNC(=S)N/N=C1/C(=O)[C@]2(C)CC[C@@H]1C2(C)C. The molecule has 2 atom stereocenters. The molecule has 0 amide bonds. The highest BCUT2D eigenvalue weighted by molar-refractivity contribution is 7.80. The molecule has 2 aliphatic rings. The number of hydrazone groups is 1. The van der Waals surface area contributed by atoms with Gasteiger partial charge in [0.25, 0.3) is 0 Å². The van der Waals surface area contributed by atoms with Crippen LogP contribution in [0.1, 0.15) is 33.6 Å². The van der Waals surface area contributed by atoms with Crippen LogP contribution in [-0.4, -0.2) is 23.2 Å². The number of ketones is 1. The van der Waals surface area contributed by atoms with Crippen LogP contribution < -0.4 is 10.7 Å². The van der Waals surface area contributed by atoms with E-state index in [9.17, 15) is 4.79 Å². The van der Waals surface area contributed by atoms with E-state index in [0.29, 0.717) is 17.4 Å². The number of nitrogens with zero attached hydrogens (tertiary/aromatic N) is 1. The molecular formula is C14H21N3OS. The Balaban J connectivity index is 2.13. The molecule has 104 valence electrons. The lowest BCUT2D eigenvalue weighted by Crippen LogP contribution is -2.36. The fraction of sp³-hybridized carbons (Fsp3) is 0.643. The number of hydrogen-bond acceptors (Lipinski definition) is 3. The minimum atomic E-state index is -0.270. The molecule has 0 aromatic heterocycles. The van der Waals surface area contributed by atoms with Gasteiger partial charge >= 0.3 is 0 Å². The van der Waals surface area contributed by atoms with E-state index in [1.807, 2.05) is 0 Å². The van der Waals surface area contributed by atoms with Crippen LogP contribution in [0.2, 0.25) is 0 Å². The van der Waals surface area contributed by atoms with Gasteiger partial charge in [0.15, 0.2) is 10.9 Å². The van der Waals surface area contributed by atoms with Crippen LogP contribution in [0.15, 0.2) is 17.8 Å². The molecule has 0 aliphatic heterocycles. The van der Waals surface area contributed by atoms with Crippen LogP contribution in [0.4, 0.5) is 0 Å². The van der Waals surface area contributed by atoms with Gasteiger partial charge in [-0.15, -0.1) is 6.58 Å². The lowest BCUT2D eigenvalue weighted by molar-refractivity contribution is -0.123. The number of Topliss-reactive ketones (excluding diaryl/α,β-unsaturated/α-hetero) is 1. The summed E-state index contributed by atoms with van der Waals surface area (Å²) in [7, 11) is 0. The molecule has 4 nitrogen and oxygen atoms in total. The summed E-state index contributed by atoms with van der Waals surface area (Å²) in [5.41, 5.74) is 3.14. The Morgan fingerprint density at radius 2 is 2.26 bits per heavy atom. The maximum Gasteiger partial charge on any atom is 0.187 e. The van der Waals surface area contributed by atoms with Gasteiger partial charge < -0.3 is 5.32 Å². The van der Waals surface area contributed by atoms with Crippen molar-refractivity contribution in [2.75, 3.05) is 6.54 Å². The van der Waals surface area contributed by atoms with Gasteiger partial charge in [-0.3, -0.25) is 10.2 Å². The quantitative estimate of drug-likeness (QED) is 0.471. The van der Waals surface area contributed by atoms with Gasteiger partial charge in [-0.2, -0.15) is 5.10 Å². The van der Waals surface area contributed by atoms with Gasteiger partial charge in [-0.25, -0.2) is 0 Å². The summed E-state index contributed by atoms with van der Waals surface area (Å²) in [6, 6.07) is 0. The topological polar surface area (TPSA) is 53.5 Å². The van der Waals surface area contributed by atoms with Crippen molar-refractivity contribution in [3.8, 4) is 0 Å². The highest BCUT2D eigenvalue weighted by Gasteiger charge is 2.65. The van der Waals surface area contributed by atoms with Gasteiger partial charge in [-0.05, 0) is 30.5 Å². The van der Waals surface area contributed by atoms with Crippen molar-refractivity contribution in [2.24, 2.45) is 21.8 Å². The number of fused-ring (bicyclic) bond motifs is 2. The third kappa shape index (κ3) is 2.00. The van der Waals surface area contributed by atoms with Crippen molar-refractivity contribution in [1.29, 1.82) is 0 Å². The summed E-state index contributed by atoms with van der Waals surface area (Å²) in [4.78, 5) is 12.5. The van der Waals surface area contributed by atoms with E-state index in [1.54, 1.807) is 6.08 Å². The van der Waals surface area contributed by atoms with Crippen molar-refractivity contribution < 1.29 is 4.79 Å². The van der Waals surface area contributed by atoms with E-state index in [1.165, 1.54) is 0 Å². The highest BCUT2D eigenvalue weighted by atomic mass is 32.1. The number of carbonyl (C=O) groups excluding carboxylic acids is 1. The number of nitrogens with one attached hydrogen (secondary N) is 2. The van der Waals surface area contributed by atoms with Gasteiger partial charge in [0, 0.05) is 17.9 Å². The van der Waals surface area contributed by atoms with Crippen molar-refractivity contribution in [1.82, 2.24) is 10.7 Å². The molecule has 0 spiro atoms. The maximum absolute atomic E-state index is 12.5. The van der Waals surface area contributed by atoms with Gasteiger partial charge in [0.1, 0.15) is 5.71 Å². The predicted octanol–water partition coefficient (Wildman–Crippen LogP) is 2.02. The zero-order valence-corrected chi connectivity index (χ0v) is 12.6. The molecule has 2 aliphatic carbocycles. The largest absolute Gasteiger partial charge is 0.358 e. The Hall–Kier alpha value is -1.23. The van der Waals surface area contributed by atoms with Crippen LogP contribution in [0.25, 0.3) is 0 Å². The smallest absolute Gasteiger partial charge is 0.187 e. The van der Waals surface area contributed by atoms with Gasteiger partial charge in [0.2, 0.25) is 0 Å². The average Bonchev–Trinajstić information content (AvgIpc) is 2.66. The molecule has 0 aromatic carbocycles. The molecule has 2 fully saturated rings.